The van der Waals surface area contributed by atoms with Gasteiger partial charge in [-0.05, 0) is 35.0 Å². The van der Waals surface area contributed by atoms with Gasteiger partial charge in [0.15, 0.2) is 5.82 Å². The Kier molecular flexibility index (Phi) is 3.05. The van der Waals surface area contributed by atoms with Gasteiger partial charge in [-0.3, -0.25) is 0 Å². The highest BCUT2D eigenvalue weighted by atomic mass is 35.5. The van der Waals surface area contributed by atoms with E-state index >= 15 is 0 Å². The van der Waals surface area contributed by atoms with Gasteiger partial charge in [0.1, 0.15) is 0 Å². The summed E-state index contributed by atoms with van der Waals surface area (Å²) in [5.41, 5.74) is 7.21. The average Bonchev–Trinajstić information content (AvgIpc) is 2.67. The molecule has 0 fully saturated rings. The van der Waals surface area contributed by atoms with Crippen LogP contribution in [-0.4, -0.2) is 20.2 Å². The number of anilines is 1. The maximum atomic E-state index is 5.88. The Labute approximate surface area is 98.2 Å². The molecule has 84 valence electrons. The molecule has 0 aliphatic heterocycles. The molecule has 2 aromatic rings. The molecule has 0 atom stereocenters. The van der Waals surface area contributed by atoms with E-state index in [1.807, 2.05) is 6.07 Å². The molecule has 0 aliphatic carbocycles. The zero-order chi connectivity index (χ0) is 11.5. The number of hydrogen-bond acceptors (Lipinski definition) is 4. The van der Waals surface area contributed by atoms with Crippen LogP contribution in [0.1, 0.15) is 19.2 Å². The Morgan fingerprint density at radius 3 is 2.94 bits per heavy atom. The maximum absolute atomic E-state index is 5.88. The lowest BCUT2D eigenvalue weighted by molar-refractivity contribution is 0.746. The largest absolute Gasteiger partial charge is 0.397 e. The van der Waals surface area contributed by atoms with E-state index in [0.717, 1.165) is 24.4 Å². The fourth-order valence-electron chi connectivity index (χ4n) is 1.49. The van der Waals surface area contributed by atoms with Gasteiger partial charge in [-0.25, -0.2) is 0 Å². The molecule has 1 aromatic heterocycles. The van der Waals surface area contributed by atoms with Crippen LogP contribution >= 0.6 is 11.6 Å². The number of halogens is 1. The van der Waals surface area contributed by atoms with E-state index in [2.05, 4.69) is 22.4 Å². The normalized spacial score (nSPS) is 10.6. The lowest BCUT2D eigenvalue weighted by atomic mass is 10.2. The van der Waals surface area contributed by atoms with Gasteiger partial charge in [-0.2, -0.15) is 4.68 Å². The predicted molar refractivity (Wildman–Crippen MR) is 62.6 cm³/mol. The van der Waals surface area contributed by atoms with Crippen molar-refractivity contribution in [1.29, 1.82) is 0 Å². The minimum Gasteiger partial charge on any atom is -0.397 e. The van der Waals surface area contributed by atoms with E-state index in [9.17, 15) is 0 Å². The Hall–Kier alpha value is -1.62. The van der Waals surface area contributed by atoms with Gasteiger partial charge in [0.05, 0.1) is 11.4 Å². The van der Waals surface area contributed by atoms with Crippen LogP contribution in [0, 0.1) is 0 Å². The van der Waals surface area contributed by atoms with Crippen LogP contribution in [0.5, 0.6) is 0 Å². The van der Waals surface area contributed by atoms with Crippen LogP contribution in [0.15, 0.2) is 18.2 Å². The van der Waals surface area contributed by atoms with Crippen molar-refractivity contribution in [2.45, 2.75) is 19.8 Å². The first-order chi connectivity index (χ1) is 7.72. The molecule has 2 rings (SSSR count). The molecular formula is C10H12ClN5. The number of aromatic nitrogens is 4. The maximum Gasteiger partial charge on any atom is 0.156 e. The summed E-state index contributed by atoms with van der Waals surface area (Å²) in [6, 6.07) is 5.27. The second kappa shape index (κ2) is 4.49. The topological polar surface area (TPSA) is 69.6 Å². The van der Waals surface area contributed by atoms with E-state index in [-0.39, 0.29) is 0 Å². The Balaban J connectivity index is 2.46. The number of nitrogens with two attached hydrogens (primary N) is 1. The van der Waals surface area contributed by atoms with Gasteiger partial charge in [-0.15, -0.1) is 5.10 Å². The number of nitrogen functional groups attached to an aromatic ring is 1. The van der Waals surface area contributed by atoms with Gasteiger partial charge in [0.25, 0.3) is 0 Å². The van der Waals surface area contributed by atoms with E-state index < -0.39 is 0 Å². The zero-order valence-corrected chi connectivity index (χ0v) is 9.65. The third-order valence-electron chi connectivity index (χ3n) is 2.23. The van der Waals surface area contributed by atoms with Crippen molar-refractivity contribution in [3.05, 3.63) is 29.0 Å². The van der Waals surface area contributed by atoms with Gasteiger partial charge in [-0.1, -0.05) is 18.5 Å². The van der Waals surface area contributed by atoms with Crippen molar-refractivity contribution < 1.29 is 0 Å². The molecule has 0 aliphatic rings. The average molecular weight is 238 g/mol. The smallest absolute Gasteiger partial charge is 0.156 e. The van der Waals surface area contributed by atoms with Gasteiger partial charge in [0, 0.05) is 11.4 Å². The first-order valence-electron chi connectivity index (χ1n) is 5.05. The van der Waals surface area contributed by atoms with Crippen molar-refractivity contribution in [3.8, 4) is 5.69 Å². The fourth-order valence-corrected chi connectivity index (χ4v) is 1.67. The number of nitrogens with zero attached hydrogens (tertiary/aromatic N) is 4. The molecule has 0 unspecified atom stereocenters. The SMILES string of the molecule is CCCc1nnnn1-c1ccc(Cl)cc1N. The first-order valence-corrected chi connectivity index (χ1v) is 5.43. The molecule has 5 nitrogen and oxygen atoms in total. The van der Waals surface area contributed by atoms with Crippen LogP contribution in [0.2, 0.25) is 5.02 Å². The number of aryl methyl sites for hydroxylation is 1. The summed E-state index contributed by atoms with van der Waals surface area (Å²) in [6.07, 6.45) is 1.79. The zero-order valence-electron chi connectivity index (χ0n) is 8.89. The fraction of sp³-hybridized carbons (Fsp3) is 0.300. The number of rotatable bonds is 3. The second-order valence-corrected chi connectivity index (χ2v) is 3.90. The predicted octanol–water partition coefficient (Wildman–Crippen LogP) is 1.85. The third-order valence-corrected chi connectivity index (χ3v) is 2.46. The molecule has 0 spiro atoms. The summed E-state index contributed by atoms with van der Waals surface area (Å²) in [6.45, 7) is 2.07. The Morgan fingerprint density at radius 1 is 1.44 bits per heavy atom. The van der Waals surface area contributed by atoms with E-state index in [0.29, 0.717) is 10.7 Å². The van der Waals surface area contributed by atoms with Gasteiger partial charge >= 0.3 is 0 Å². The highest BCUT2D eigenvalue weighted by molar-refractivity contribution is 6.30. The van der Waals surface area contributed by atoms with Crippen LogP contribution in [0.3, 0.4) is 0 Å². The number of tetrazole rings is 1. The number of hydrogen-bond donors (Lipinski definition) is 1. The summed E-state index contributed by atoms with van der Waals surface area (Å²) in [5, 5.41) is 12.1. The third kappa shape index (κ3) is 1.99. The van der Waals surface area contributed by atoms with Crippen molar-refractivity contribution in [2.24, 2.45) is 0 Å². The van der Waals surface area contributed by atoms with Gasteiger partial charge < -0.3 is 5.73 Å². The minimum atomic E-state index is 0.567. The summed E-state index contributed by atoms with van der Waals surface area (Å²) in [7, 11) is 0. The van der Waals surface area contributed by atoms with Crippen LogP contribution in [0.4, 0.5) is 5.69 Å². The van der Waals surface area contributed by atoms with Crippen LogP contribution in [-0.2, 0) is 6.42 Å². The molecule has 16 heavy (non-hydrogen) atoms. The van der Waals surface area contributed by atoms with Crippen LogP contribution in [0.25, 0.3) is 5.69 Å². The second-order valence-electron chi connectivity index (χ2n) is 3.46. The lowest BCUT2D eigenvalue weighted by Crippen LogP contribution is -2.06. The Bertz CT molecular complexity index is 494. The van der Waals surface area contributed by atoms with Gasteiger partial charge in [0.2, 0.25) is 0 Å². The first kappa shape index (κ1) is 10.9. The monoisotopic (exact) mass is 237 g/mol. The molecule has 1 aromatic carbocycles. The minimum absolute atomic E-state index is 0.567. The summed E-state index contributed by atoms with van der Waals surface area (Å²) in [5.74, 6) is 0.802. The van der Waals surface area contributed by atoms with Crippen molar-refractivity contribution in [1.82, 2.24) is 20.2 Å². The van der Waals surface area contributed by atoms with Crippen LogP contribution < -0.4 is 5.73 Å². The van der Waals surface area contributed by atoms with E-state index in [1.54, 1.807) is 16.8 Å². The number of benzene rings is 1. The molecule has 2 N–H and O–H groups in total. The van der Waals surface area contributed by atoms with Crippen molar-refractivity contribution in [2.75, 3.05) is 5.73 Å². The van der Waals surface area contributed by atoms with Crippen molar-refractivity contribution >= 4 is 17.3 Å². The highest BCUT2D eigenvalue weighted by Gasteiger charge is 2.10. The molecule has 0 bridgehead atoms. The quantitative estimate of drug-likeness (QED) is 0.828. The molecule has 0 amide bonds. The molecule has 0 saturated carbocycles. The van der Waals surface area contributed by atoms with E-state index in [4.69, 9.17) is 17.3 Å². The molecule has 6 heteroatoms. The van der Waals surface area contributed by atoms with E-state index in [1.165, 1.54) is 0 Å². The molecule has 0 radical (unpaired) electrons. The summed E-state index contributed by atoms with van der Waals surface area (Å²) < 4.78 is 1.65. The highest BCUT2D eigenvalue weighted by Crippen LogP contribution is 2.21. The van der Waals surface area contributed by atoms with Crippen molar-refractivity contribution in [3.63, 3.8) is 0 Å². The lowest BCUT2D eigenvalue weighted by Gasteiger charge is -2.07. The Morgan fingerprint density at radius 2 is 2.25 bits per heavy atom. The summed E-state index contributed by atoms with van der Waals surface area (Å²) >= 11 is 5.84. The molecule has 1 heterocycles. The summed E-state index contributed by atoms with van der Waals surface area (Å²) in [4.78, 5) is 0. The standard InChI is InChI=1S/C10H12ClN5/c1-2-3-10-13-14-15-16(10)9-5-4-7(11)6-8(9)12/h4-6H,2-3,12H2,1H3. The molecular weight excluding hydrogens is 226 g/mol. The molecule has 0 saturated heterocycles.